The molecule has 0 aliphatic rings. The summed E-state index contributed by atoms with van der Waals surface area (Å²) in [6.45, 7) is 5.97. The van der Waals surface area contributed by atoms with E-state index in [0.717, 1.165) is 9.87 Å². The SMILES string of the molecule is CC[C@@H](C(=O)NCC(C)C)N(Cc1ccccc1)C(=O)CN(c1ccc(Cl)cc1)S(=O)(=O)c1ccccc1. The number of amides is 2. The van der Waals surface area contributed by atoms with Crippen LogP contribution in [0, 0.1) is 5.92 Å². The molecule has 0 fully saturated rings. The first-order valence-electron chi connectivity index (χ1n) is 12.6. The number of nitrogens with zero attached hydrogens (tertiary/aromatic N) is 2. The highest BCUT2D eigenvalue weighted by atomic mass is 35.5. The monoisotopic (exact) mass is 555 g/mol. The van der Waals surface area contributed by atoms with Crippen LogP contribution < -0.4 is 9.62 Å². The van der Waals surface area contributed by atoms with Gasteiger partial charge in [-0.15, -0.1) is 0 Å². The van der Waals surface area contributed by atoms with E-state index in [1.807, 2.05) is 51.1 Å². The summed E-state index contributed by atoms with van der Waals surface area (Å²) in [7, 11) is -4.10. The first-order valence-corrected chi connectivity index (χ1v) is 14.4. The Hall–Kier alpha value is -3.36. The summed E-state index contributed by atoms with van der Waals surface area (Å²) in [5, 5.41) is 3.36. The molecule has 0 heterocycles. The van der Waals surface area contributed by atoms with Crippen molar-refractivity contribution < 1.29 is 18.0 Å². The van der Waals surface area contributed by atoms with Crippen molar-refractivity contribution in [1.29, 1.82) is 0 Å². The fourth-order valence-corrected chi connectivity index (χ4v) is 5.54. The van der Waals surface area contributed by atoms with Crippen LogP contribution in [0.25, 0.3) is 0 Å². The number of carbonyl (C=O) groups excluding carboxylic acids is 2. The maximum absolute atomic E-state index is 13.9. The molecule has 0 bridgehead atoms. The summed E-state index contributed by atoms with van der Waals surface area (Å²) in [5.74, 6) is -0.518. The molecule has 38 heavy (non-hydrogen) atoms. The zero-order valence-electron chi connectivity index (χ0n) is 21.9. The van der Waals surface area contributed by atoms with Gasteiger partial charge >= 0.3 is 0 Å². The van der Waals surface area contributed by atoms with E-state index in [2.05, 4.69) is 5.32 Å². The van der Waals surface area contributed by atoms with E-state index in [4.69, 9.17) is 11.6 Å². The number of hydrogen-bond acceptors (Lipinski definition) is 4. The molecular weight excluding hydrogens is 522 g/mol. The van der Waals surface area contributed by atoms with Gasteiger partial charge in [-0.05, 0) is 54.3 Å². The van der Waals surface area contributed by atoms with Crippen molar-refractivity contribution in [2.45, 2.75) is 44.7 Å². The van der Waals surface area contributed by atoms with Gasteiger partial charge in [0, 0.05) is 18.1 Å². The van der Waals surface area contributed by atoms with E-state index in [1.165, 1.54) is 17.0 Å². The van der Waals surface area contributed by atoms with Crippen molar-refractivity contribution in [2.24, 2.45) is 5.92 Å². The molecule has 3 aromatic carbocycles. The predicted molar refractivity (Wildman–Crippen MR) is 151 cm³/mol. The van der Waals surface area contributed by atoms with Gasteiger partial charge < -0.3 is 10.2 Å². The second kappa shape index (κ2) is 13.4. The van der Waals surface area contributed by atoms with Crippen LogP contribution in [0.2, 0.25) is 5.02 Å². The van der Waals surface area contributed by atoms with Gasteiger partial charge in [-0.2, -0.15) is 0 Å². The lowest BCUT2D eigenvalue weighted by atomic mass is 10.1. The first-order chi connectivity index (χ1) is 18.1. The lowest BCUT2D eigenvalue weighted by Gasteiger charge is -2.33. The maximum atomic E-state index is 13.9. The molecule has 0 saturated heterocycles. The molecule has 0 aliphatic heterocycles. The zero-order chi connectivity index (χ0) is 27.7. The molecule has 3 aromatic rings. The van der Waals surface area contributed by atoms with Gasteiger partial charge in [0.25, 0.3) is 10.0 Å². The lowest BCUT2D eigenvalue weighted by Crippen LogP contribution is -2.52. The quantitative estimate of drug-likeness (QED) is 0.336. The number of rotatable bonds is 12. The highest BCUT2D eigenvalue weighted by molar-refractivity contribution is 7.92. The van der Waals surface area contributed by atoms with Gasteiger partial charge in [0.15, 0.2) is 0 Å². The Balaban J connectivity index is 2.01. The van der Waals surface area contributed by atoms with Crippen LogP contribution in [-0.4, -0.2) is 44.3 Å². The normalized spacial score (nSPS) is 12.1. The Labute approximate surface area is 230 Å². The second-order valence-corrected chi connectivity index (χ2v) is 11.7. The number of benzene rings is 3. The minimum atomic E-state index is -4.10. The van der Waals surface area contributed by atoms with Gasteiger partial charge in [-0.1, -0.05) is 80.9 Å². The Kier molecular flexibility index (Phi) is 10.3. The maximum Gasteiger partial charge on any atom is 0.264 e. The Morgan fingerprint density at radius 3 is 2.03 bits per heavy atom. The van der Waals surface area contributed by atoms with E-state index in [9.17, 15) is 18.0 Å². The standard InChI is InChI=1S/C29H34ClN3O4S/c1-4-27(29(35)31-19-22(2)3)32(20-23-11-7-5-8-12-23)28(34)21-33(25-17-15-24(30)16-18-25)38(36,37)26-13-9-6-10-14-26/h5-18,22,27H,4,19-21H2,1-3H3,(H,31,35)/t27-/m0/s1. The molecule has 202 valence electrons. The summed E-state index contributed by atoms with van der Waals surface area (Å²) >= 11 is 6.05. The molecule has 2 amide bonds. The number of sulfonamides is 1. The molecule has 0 unspecified atom stereocenters. The molecule has 9 heteroatoms. The predicted octanol–water partition coefficient (Wildman–Crippen LogP) is 5.11. The van der Waals surface area contributed by atoms with E-state index >= 15 is 0 Å². The number of nitrogens with one attached hydrogen (secondary N) is 1. The summed E-state index contributed by atoms with van der Waals surface area (Å²) in [5.41, 5.74) is 1.13. The van der Waals surface area contributed by atoms with E-state index in [-0.39, 0.29) is 23.3 Å². The van der Waals surface area contributed by atoms with Crippen molar-refractivity contribution in [3.8, 4) is 0 Å². The number of hydrogen-bond donors (Lipinski definition) is 1. The third-order valence-electron chi connectivity index (χ3n) is 5.99. The number of carbonyl (C=O) groups is 2. The fraction of sp³-hybridized carbons (Fsp3) is 0.310. The third kappa shape index (κ3) is 7.58. The van der Waals surface area contributed by atoms with Crippen molar-refractivity contribution in [2.75, 3.05) is 17.4 Å². The minimum Gasteiger partial charge on any atom is -0.354 e. The van der Waals surface area contributed by atoms with E-state index < -0.39 is 28.5 Å². The molecule has 0 saturated carbocycles. The Morgan fingerprint density at radius 2 is 1.47 bits per heavy atom. The minimum absolute atomic E-state index is 0.0547. The highest BCUT2D eigenvalue weighted by Gasteiger charge is 2.33. The van der Waals surface area contributed by atoms with E-state index in [1.54, 1.807) is 42.5 Å². The van der Waals surface area contributed by atoms with Gasteiger partial charge in [0.2, 0.25) is 11.8 Å². The molecule has 0 radical (unpaired) electrons. The van der Waals surface area contributed by atoms with Gasteiger partial charge in [-0.3, -0.25) is 13.9 Å². The summed E-state index contributed by atoms with van der Waals surface area (Å²) in [6.07, 6.45) is 0.370. The lowest BCUT2D eigenvalue weighted by molar-refractivity contribution is -0.140. The van der Waals surface area contributed by atoms with Crippen molar-refractivity contribution in [3.05, 3.63) is 95.5 Å². The molecule has 0 aromatic heterocycles. The molecule has 7 nitrogen and oxygen atoms in total. The Bertz CT molecular complexity index is 1300. The average Bonchev–Trinajstić information content (AvgIpc) is 2.92. The van der Waals surface area contributed by atoms with Crippen LogP contribution in [0.1, 0.15) is 32.8 Å². The molecule has 0 spiro atoms. The van der Waals surface area contributed by atoms with Crippen LogP contribution in [0.5, 0.6) is 0 Å². The molecule has 1 atom stereocenters. The fourth-order valence-electron chi connectivity index (χ4n) is 3.98. The average molecular weight is 556 g/mol. The smallest absolute Gasteiger partial charge is 0.264 e. The van der Waals surface area contributed by atoms with Crippen molar-refractivity contribution >= 4 is 39.1 Å². The van der Waals surface area contributed by atoms with Crippen LogP contribution in [0.4, 0.5) is 5.69 Å². The topological polar surface area (TPSA) is 86.8 Å². The van der Waals surface area contributed by atoms with Crippen LogP contribution in [0.15, 0.2) is 89.8 Å². The molecular formula is C29H34ClN3O4S. The summed E-state index contributed by atoms with van der Waals surface area (Å²) < 4.78 is 28.5. The van der Waals surface area contributed by atoms with Crippen LogP contribution in [0.3, 0.4) is 0 Å². The summed E-state index contributed by atoms with van der Waals surface area (Å²) in [4.78, 5) is 28.6. The van der Waals surface area contributed by atoms with E-state index in [0.29, 0.717) is 23.7 Å². The van der Waals surface area contributed by atoms with Crippen LogP contribution >= 0.6 is 11.6 Å². The Morgan fingerprint density at radius 1 is 0.895 bits per heavy atom. The van der Waals surface area contributed by atoms with Gasteiger partial charge in [0.1, 0.15) is 12.6 Å². The van der Waals surface area contributed by atoms with Gasteiger partial charge in [0.05, 0.1) is 10.6 Å². The highest BCUT2D eigenvalue weighted by Crippen LogP contribution is 2.26. The largest absolute Gasteiger partial charge is 0.354 e. The number of anilines is 1. The number of halogens is 1. The van der Waals surface area contributed by atoms with Crippen molar-refractivity contribution in [3.63, 3.8) is 0 Å². The third-order valence-corrected chi connectivity index (χ3v) is 8.03. The summed E-state index contributed by atoms with van der Waals surface area (Å²) in [6, 6.07) is 22.8. The molecule has 3 rings (SSSR count). The molecule has 0 aliphatic carbocycles. The zero-order valence-corrected chi connectivity index (χ0v) is 23.5. The molecule has 1 N–H and O–H groups in total. The van der Waals surface area contributed by atoms with Gasteiger partial charge in [-0.25, -0.2) is 8.42 Å². The second-order valence-electron chi connectivity index (χ2n) is 9.37. The van der Waals surface area contributed by atoms with Crippen LogP contribution in [-0.2, 0) is 26.2 Å². The van der Waals surface area contributed by atoms with Crippen molar-refractivity contribution in [1.82, 2.24) is 10.2 Å². The first kappa shape index (κ1) is 29.2.